The average molecular weight is 252 g/mol. The smallest absolute Gasteiger partial charge is 0.0921 e. The van der Waals surface area contributed by atoms with Crippen LogP contribution in [0, 0.1) is 11.8 Å². The highest BCUT2D eigenvalue weighted by Crippen LogP contribution is 2.05. The molecule has 1 aromatic heterocycles. The number of nitrogens with zero attached hydrogens (tertiary/aromatic N) is 1. The average Bonchev–Trinajstić information content (AvgIpc) is 2.96. The van der Waals surface area contributed by atoms with Crippen molar-refractivity contribution in [2.24, 2.45) is 0 Å². The predicted molar refractivity (Wildman–Crippen MR) is 78.7 cm³/mol. The number of benzene rings is 1. The van der Waals surface area contributed by atoms with Gasteiger partial charge in [0.25, 0.3) is 0 Å². The minimum Gasteiger partial charge on any atom is -0.348 e. The number of nitrogens with one attached hydrogen (secondary N) is 1. The number of H-pyrrole nitrogens is 1. The van der Waals surface area contributed by atoms with Crippen molar-refractivity contribution in [1.29, 1.82) is 0 Å². The number of unbranched alkanes of at least 4 members (excludes halogenated alkanes) is 2. The topological polar surface area (TPSA) is 28.7 Å². The van der Waals surface area contributed by atoms with Crippen molar-refractivity contribution in [3.05, 3.63) is 54.1 Å². The Hall–Kier alpha value is -2.01. The zero-order valence-corrected chi connectivity index (χ0v) is 11.2. The van der Waals surface area contributed by atoms with Crippen molar-refractivity contribution in [3.63, 3.8) is 0 Å². The van der Waals surface area contributed by atoms with Crippen molar-refractivity contribution in [2.75, 3.05) is 0 Å². The summed E-state index contributed by atoms with van der Waals surface area (Å²) >= 11 is 0. The van der Waals surface area contributed by atoms with E-state index in [1.165, 1.54) is 24.1 Å². The zero-order valence-electron chi connectivity index (χ0n) is 11.2. The zero-order chi connectivity index (χ0) is 13.2. The highest BCUT2D eigenvalue weighted by atomic mass is 14.9. The molecule has 0 saturated carbocycles. The monoisotopic (exact) mass is 252 g/mol. The van der Waals surface area contributed by atoms with E-state index in [1.54, 1.807) is 6.33 Å². The Balaban J connectivity index is 1.52. The number of aryl methyl sites for hydroxylation is 2. The molecule has 2 heteroatoms. The first-order chi connectivity index (χ1) is 9.45. The lowest BCUT2D eigenvalue weighted by atomic mass is 10.1. The first kappa shape index (κ1) is 13.4. The number of rotatable bonds is 6. The lowest BCUT2D eigenvalue weighted by Crippen LogP contribution is -1.84. The van der Waals surface area contributed by atoms with E-state index >= 15 is 0 Å². The summed E-state index contributed by atoms with van der Waals surface area (Å²) in [4.78, 5) is 7.07. The molecule has 0 spiro atoms. The molecule has 98 valence electrons. The van der Waals surface area contributed by atoms with E-state index in [9.17, 15) is 0 Å². The Labute approximate surface area is 115 Å². The van der Waals surface area contributed by atoms with Crippen LogP contribution in [0.25, 0.3) is 0 Å². The van der Waals surface area contributed by atoms with Gasteiger partial charge < -0.3 is 4.98 Å². The molecule has 2 aromatic rings. The second-order valence-electron chi connectivity index (χ2n) is 4.62. The second-order valence-corrected chi connectivity index (χ2v) is 4.62. The lowest BCUT2D eigenvalue weighted by molar-refractivity contribution is 0.756. The van der Waals surface area contributed by atoms with Gasteiger partial charge in [0.15, 0.2) is 0 Å². The van der Waals surface area contributed by atoms with Crippen molar-refractivity contribution in [1.82, 2.24) is 9.97 Å². The van der Waals surface area contributed by atoms with Crippen LogP contribution < -0.4 is 0 Å². The van der Waals surface area contributed by atoms with Crippen LogP contribution in [0.1, 0.15) is 36.9 Å². The summed E-state index contributed by atoms with van der Waals surface area (Å²) in [6, 6.07) is 10.6. The van der Waals surface area contributed by atoms with Gasteiger partial charge in [-0.25, -0.2) is 4.98 Å². The van der Waals surface area contributed by atoms with Crippen molar-refractivity contribution < 1.29 is 0 Å². The van der Waals surface area contributed by atoms with E-state index in [2.05, 4.69) is 52.1 Å². The molecule has 0 aliphatic carbocycles. The Morgan fingerprint density at radius 2 is 1.79 bits per heavy atom. The van der Waals surface area contributed by atoms with Crippen LogP contribution in [0.2, 0.25) is 0 Å². The highest BCUT2D eigenvalue weighted by molar-refractivity contribution is 5.14. The molecule has 1 aromatic carbocycles. The Bertz CT molecular complexity index is 503. The molecule has 19 heavy (non-hydrogen) atoms. The van der Waals surface area contributed by atoms with Crippen molar-refractivity contribution in [3.8, 4) is 11.8 Å². The van der Waals surface area contributed by atoms with Gasteiger partial charge in [-0.1, -0.05) is 30.3 Å². The van der Waals surface area contributed by atoms with Crippen LogP contribution in [-0.2, 0) is 12.8 Å². The minimum absolute atomic E-state index is 0.918. The fourth-order valence-corrected chi connectivity index (χ4v) is 1.98. The third-order valence-corrected chi connectivity index (χ3v) is 3.06. The van der Waals surface area contributed by atoms with Gasteiger partial charge in [0, 0.05) is 24.7 Å². The molecule has 2 rings (SSSR count). The van der Waals surface area contributed by atoms with Gasteiger partial charge in [-0.05, 0) is 31.2 Å². The molecule has 0 amide bonds. The first-order valence-electron chi connectivity index (χ1n) is 6.92. The van der Waals surface area contributed by atoms with E-state index < -0.39 is 0 Å². The van der Waals surface area contributed by atoms with Crippen LogP contribution in [-0.4, -0.2) is 9.97 Å². The van der Waals surface area contributed by atoms with Gasteiger partial charge in [-0.3, -0.25) is 0 Å². The van der Waals surface area contributed by atoms with Gasteiger partial charge in [0.2, 0.25) is 0 Å². The lowest BCUT2D eigenvalue weighted by Gasteiger charge is -1.98. The summed E-state index contributed by atoms with van der Waals surface area (Å²) in [5.74, 6) is 6.47. The summed E-state index contributed by atoms with van der Waals surface area (Å²) in [5, 5.41) is 0. The SMILES string of the molecule is C(#CCCc1cnc[nH]1)CCCCc1ccccc1. The van der Waals surface area contributed by atoms with Gasteiger partial charge in [0.1, 0.15) is 0 Å². The van der Waals surface area contributed by atoms with Crippen molar-refractivity contribution >= 4 is 0 Å². The Morgan fingerprint density at radius 3 is 2.58 bits per heavy atom. The summed E-state index contributed by atoms with van der Waals surface area (Å²) < 4.78 is 0. The predicted octanol–water partition coefficient (Wildman–Crippen LogP) is 3.76. The third kappa shape index (κ3) is 5.44. The normalized spacial score (nSPS) is 9.89. The molecule has 0 aliphatic heterocycles. The molecule has 2 nitrogen and oxygen atoms in total. The van der Waals surface area contributed by atoms with Crippen LogP contribution in [0.15, 0.2) is 42.9 Å². The Kier molecular flexibility index (Phi) is 5.76. The van der Waals surface area contributed by atoms with Gasteiger partial charge >= 0.3 is 0 Å². The molecule has 0 aliphatic rings. The molecule has 0 atom stereocenters. The number of aromatic amines is 1. The fraction of sp³-hybridized carbons (Fsp3) is 0.353. The summed E-state index contributed by atoms with van der Waals surface area (Å²) in [5.41, 5.74) is 2.59. The molecule has 0 fully saturated rings. The van der Waals surface area contributed by atoms with Gasteiger partial charge in [-0.2, -0.15) is 0 Å². The number of hydrogen-bond acceptors (Lipinski definition) is 1. The van der Waals surface area contributed by atoms with Crippen LogP contribution >= 0.6 is 0 Å². The third-order valence-electron chi connectivity index (χ3n) is 3.06. The highest BCUT2D eigenvalue weighted by Gasteiger charge is 1.91. The summed E-state index contributed by atoms with van der Waals surface area (Å²) in [7, 11) is 0. The number of hydrogen-bond donors (Lipinski definition) is 1. The van der Waals surface area contributed by atoms with Gasteiger partial charge in [0.05, 0.1) is 6.33 Å². The van der Waals surface area contributed by atoms with Crippen LogP contribution in [0.5, 0.6) is 0 Å². The molecule has 0 radical (unpaired) electrons. The Morgan fingerprint density at radius 1 is 0.947 bits per heavy atom. The number of imidazole rings is 1. The molecular weight excluding hydrogens is 232 g/mol. The van der Waals surface area contributed by atoms with E-state index in [1.807, 2.05) is 6.20 Å². The minimum atomic E-state index is 0.918. The number of aromatic nitrogens is 2. The quantitative estimate of drug-likeness (QED) is 0.615. The summed E-state index contributed by atoms with van der Waals surface area (Å²) in [6.45, 7) is 0. The molecule has 0 bridgehead atoms. The fourth-order valence-electron chi connectivity index (χ4n) is 1.98. The standard InChI is InChI=1S/C17H20N2/c1(2-4-9-13-17-14-18-15-19-17)3-6-10-16-11-7-5-8-12-16/h5,7-8,11-12,14-15H,1,3,6,9-10,13H2,(H,18,19). The maximum absolute atomic E-state index is 3.99. The molecule has 0 unspecified atom stereocenters. The molecule has 0 saturated heterocycles. The van der Waals surface area contributed by atoms with E-state index in [0.717, 1.165) is 25.7 Å². The van der Waals surface area contributed by atoms with Crippen LogP contribution in [0.4, 0.5) is 0 Å². The van der Waals surface area contributed by atoms with E-state index in [0.29, 0.717) is 0 Å². The summed E-state index contributed by atoms with van der Waals surface area (Å²) in [6.07, 6.45) is 10.0. The van der Waals surface area contributed by atoms with Gasteiger partial charge in [-0.15, -0.1) is 11.8 Å². The largest absolute Gasteiger partial charge is 0.348 e. The van der Waals surface area contributed by atoms with E-state index in [-0.39, 0.29) is 0 Å². The molecular formula is C17H20N2. The second kappa shape index (κ2) is 8.16. The van der Waals surface area contributed by atoms with Crippen LogP contribution in [0.3, 0.4) is 0 Å². The first-order valence-corrected chi connectivity index (χ1v) is 6.92. The molecule has 1 heterocycles. The van der Waals surface area contributed by atoms with E-state index in [4.69, 9.17) is 0 Å². The maximum Gasteiger partial charge on any atom is 0.0921 e. The maximum atomic E-state index is 3.99. The van der Waals surface area contributed by atoms with Crippen molar-refractivity contribution in [2.45, 2.75) is 38.5 Å². The molecule has 1 N–H and O–H groups in total.